The minimum atomic E-state index is -0.776. The van der Waals surface area contributed by atoms with E-state index in [4.69, 9.17) is 5.11 Å². The molecule has 0 aliphatic rings. The lowest BCUT2D eigenvalue weighted by Crippen LogP contribution is -2.24. The Morgan fingerprint density at radius 3 is 2.81 bits per heavy atom. The van der Waals surface area contributed by atoms with Gasteiger partial charge in [-0.1, -0.05) is 6.42 Å². The molecule has 0 atom stereocenters. The molecule has 0 aromatic carbocycles. The third kappa shape index (κ3) is 4.59. The number of carbonyl (C=O) groups is 2. The highest BCUT2D eigenvalue weighted by Gasteiger charge is 2.04. The van der Waals surface area contributed by atoms with Gasteiger partial charge in [-0.3, -0.25) is 9.59 Å². The van der Waals surface area contributed by atoms with Gasteiger partial charge in [-0.15, -0.1) is 0 Å². The molecule has 1 rings (SSSR count). The predicted octanol–water partition coefficient (Wildman–Crippen LogP) is 0.784. The van der Waals surface area contributed by atoms with Crippen LogP contribution in [0.25, 0.3) is 0 Å². The lowest BCUT2D eigenvalue weighted by molar-refractivity contribution is -0.137. The Kier molecular flexibility index (Phi) is 5.04. The van der Waals surface area contributed by atoms with E-state index in [1.807, 2.05) is 0 Å². The Morgan fingerprint density at radius 1 is 1.38 bits per heavy atom. The lowest BCUT2D eigenvalue weighted by atomic mass is 10.2. The maximum Gasteiger partial charge on any atom is 0.303 e. The molecule has 6 heteroatoms. The molecule has 0 aliphatic carbocycles. The molecular formula is C10H15N3O3. The Hall–Kier alpha value is -1.85. The van der Waals surface area contributed by atoms with Crippen LogP contribution in [0.15, 0.2) is 12.5 Å². The van der Waals surface area contributed by atoms with Crippen LogP contribution in [0.5, 0.6) is 0 Å². The maximum absolute atomic E-state index is 11.4. The Bertz CT molecular complexity index is 335. The molecule has 0 fully saturated rings. The van der Waals surface area contributed by atoms with Crippen LogP contribution in [-0.4, -0.2) is 33.5 Å². The summed E-state index contributed by atoms with van der Waals surface area (Å²) in [5, 5.41) is 11.1. The van der Waals surface area contributed by atoms with Gasteiger partial charge in [0.15, 0.2) is 0 Å². The number of unbranched alkanes of at least 4 members (excludes halogenated alkanes) is 2. The fraction of sp³-hybridized carbons (Fsp3) is 0.500. The number of amides is 1. The average molecular weight is 225 g/mol. The third-order valence-corrected chi connectivity index (χ3v) is 2.10. The summed E-state index contributed by atoms with van der Waals surface area (Å²) in [6.07, 6.45) is 5.33. The summed E-state index contributed by atoms with van der Waals surface area (Å²) >= 11 is 0. The topological polar surface area (TPSA) is 95.1 Å². The van der Waals surface area contributed by atoms with Crippen molar-refractivity contribution in [1.82, 2.24) is 15.3 Å². The van der Waals surface area contributed by atoms with Crippen LogP contribution >= 0.6 is 0 Å². The molecule has 0 saturated carbocycles. The first-order valence-electron chi connectivity index (χ1n) is 5.18. The fourth-order valence-electron chi connectivity index (χ4n) is 1.26. The molecule has 0 unspecified atom stereocenters. The fourth-order valence-corrected chi connectivity index (χ4v) is 1.26. The van der Waals surface area contributed by atoms with Gasteiger partial charge >= 0.3 is 5.97 Å². The Balaban J connectivity index is 2.03. The summed E-state index contributed by atoms with van der Waals surface area (Å²) in [7, 11) is 0. The summed E-state index contributed by atoms with van der Waals surface area (Å²) in [4.78, 5) is 28.0. The van der Waals surface area contributed by atoms with Crippen molar-refractivity contribution < 1.29 is 14.7 Å². The van der Waals surface area contributed by atoms with Crippen LogP contribution in [0.1, 0.15) is 36.2 Å². The summed E-state index contributed by atoms with van der Waals surface area (Å²) in [6.45, 7) is 0.553. The zero-order valence-electron chi connectivity index (χ0n) is 8.90. The van der Waals surface area contributed by atoms with E-state index in [1.54, 1.807) is 0 Å². The van der Waals surface area contributed by atoms with E-state index < -0.39 is 5.97 Å². The minimum absolute atomic E-state index is 0.185. The summed E-state index contributed by atoms with van der Waals surface area (Å²) in [5.41, 5.74) is 0.436. The Labute approximate surface area is 93.1 Å². The van der Waals surface area contributed by atoms with Crippen LogP contribution in [0.4, 0.5) is 0 Å². The van der Waals surface area contributed by atoms with Crippen LogP contribution < -0.4 is 5.32 Å². The van der Waals surface area contributed by atoms with Crippen molar-refractivity contribution >= 4 is 11.9 Å². The van der Waals surface area contributed by atoms with Crippen molar-refractivity contribution in [2.75, 3.05) is 6.54 Å². The molecule has 3 N–H and O–H groups in total. The molecule has 0 radical (unpaired) electrons. The average Bonchev–Trinajstić information content (AvgIpc) is 2.75. The number of hydrogen-bond donors (Lipinski definition) is 3. The molecule has 1 heterocycles. The molecule has 1 aromatic heterocycles. The molecule has 16 heavy (non-hydrogen) atoms. The van der Waals surface area contributed by atoms with E-state index in [0.29, 0.717) is 18.7 Å². The van der Waals surface area contributed by atoms with E-state index in [1.165, 1.54) is 12.5 Å². The first-order valence-corrected chi connectivity index (χ1v) is 5.18. The summed E-state index contributed by atoms with van der Waals surface area (Å²) in [5.74, 6) is -0.961. The second-order valence-electron chi connectivity index (χ2n) is 3.43. The number of hydrogen-bond acceptors (Lipinski definition) is 3. The Morgan fingerprint density at radius 2 is 2.19 bits per heavy atom. The standard InChI is InChI=1S/C10H15N3O3/c14-9(15)4-2-1-3-5-12-10(16)8-6-11-7-13-8/h6-7H,1-5H2,(H,11,13)(H,12,16)(H,14,15). The van der Waals surface area contributed by atoms with Crippen molar-refractivity contribution in [3.05, 3.63) is 18.2 Å². The second kappa shape index (κ2) is 6.60. The quantitative estimate of drug-likeness (QED) is 0.598. The van der Waals surface area contributed by atoms with Crippen LogP contribution in [0, 0.1) is 0 Å². The number of H-pyrrole nitrogens is 1. The van der Waals surface area contributed by atoms with E-state index in [9.17, 15) is 9.59 Å². The number of nitrogens with one attached hydrogen (secondary N) is 2. The van der Waals surface area contributed by atoms with Crippen molar-refractivity contribution in [2.45, 2.75) is 25.7 Å². The minimum Gasteiger partial charge on any atom is -0.481 e. The van der Waals surface area contributed by atoms with Crippen LogP contribution in [0.3, 0.4) is 0 Å². The molecular weight excluding hydrogens is 210 g/mol. The van der Waals surface area contributed by atoms with Crippen molar-refractivity contribution in [3.63, 3.8) is 0 Å². The maximum atomic E-state index is 11.4. The first kappa shape index (κ1) is 12.2. The predicted molar refractivity (Wildman–Crippen MR) is 57.0 cm³/mol. The lowest BCUT2D eigenvalue weighted by Gasteiger charge is -2.02. The molecule has 88 valence electrons. The van der Waals surface area contributed by atoms with Gasteiger partial charge in [0.2, 0.25) is 0 Å². The highest BCUT2D eigenvalue weighted by molar-refractivity contribution is 5.91. The number of aromatic nitrogens is 2. The zero-order valence-corrected chi connectivity index (χ0v) is 8.90. The van der Waals surface area contributed by atoms with Gasteiger partial charge in [0.1, 0.15) is 5.69 Å². The number of imidazole rings is 1. The summed E-state index contributed by atoms with van der Waals surface area (Å²) in [6, 6.07) is 0. The van der Waals surface area contributed by atoms with Crippen molar-refractivity contribution in [1.29, 1.82) is 0 Å². The van der Waals surface area contributed by atoms with Gasteiger partial charge in [-0.25, -0.2) is 4.98 Å². The number of aromatic amines is 1. The number of carboxylic acids is 1. The van der Waals surface area contributed by atoms with Gasteiger partial charge in [0, 0.05) is 13.0 Å². The summed E-state index contributed by atoms with van der Waals surface area (Å²) < 4.78 is 0. The monoisotopic (exact) mass is 225 g/mol. The van der Waals surface area contributed by atoms with E-state index in [-0.39, 0.29) is 12.3 Å². The van der Waals surface area contributed by atoms with Gasteiger partial charge in [-0.2, -0.15) is 0 Å². The molecule has 6 nitrogen and oxygen atoms in total. The van der Waals surface area contributed by atoms with E-state index in [2.05, 4.69) is 15.3 Å². The van der Waals surface area contributed by atoms with E-state index in [0.717, 1.165) is 12.8 Å². The zero-order chi connectivity index (χ0) is 11.8. The first-order chi connectivity index (χ1) is 7.70. The largest absolute Gasteiger partial charge is 0.481 e. The number of rotatable bonds is 7. The molecule has 0 bridgehead atoms. The van der Waals surface area contributed by atoms with Gasteiger partial charge < -0.3 is 15.4 Å². The molecule has 0 aliphatic heterocycles. The van der Waals surface area contributed by atoms with Crippen LogP contribution in [0.2, 0.25) is 0 Å². The van der Waals surface area contributed by atoms with Crippen molar-refractivity contribution in [3.8, 4) is 0 Å². The van der Waals surface area contributed by atoms with Gasteiger partial charge in [0.05, 0.1) is 12.5 Å². The number of carboxylic acid groups (broad SMARTS) is 1. The van der Waals surface area contributed by atoms with E-state index >= 15 is 0 Å². The number of carbonyl (C=O) groups excluding carboxylic acids is 1. The second-order valence-corrected chi connectivity index (χ2v) is 3.43. The normalized spacial score (nSPS) is 10.0. The molecule has 0 saturated heterocycles. The van der Waals surface area contributed by atoms with Gasteiger partial charge in [-0.05, 0) is 12.8 Å². The highest BCUT2D eigenvalue weighted by Crippen LogP contribution is 1.99. The van der Waals surface area contributed by atoms with Crippen LogP contribution in [-0.2, 0) is 4.79 Å². The van der Waals surface area contributed by atoms with Gasteiger partial charge in [0.25, 0.3) is 5.91 Å². The molecule has 0 spiro atoms. The molecule has 1 amide bonds. The highest BCUT2D eigenvalue weighted by atomic mass is 16.4. The SMILES string of the molecule is O=C(O)CCCCCNC(=O)c1cnc[nH]1. The number of aliphatic carboxylic acids is 1. The number of nitrogens with zero attached hydrogens (tertiary/aromatic N) is 1. The third-order valence-electron chi connectivity index (χ3n) is 2.10. The van der Waals surface area contributed by atoms with Crippen molar-refractivity contribution in [2.24, 2.45) is 0 Å². The smallest absolute Gasteiger partial charge is 0.303 e. The molecule has 1 aromatic rings.